The second-order valence-electron chi connectivity index (χ2n) is 11.1. The van der Waals surface area contributed by atoms with Crippen LogP contribution in [0.1, 0.15) is 93.4 Å². The molecule has 0 fully saturated rings. The van der Waals surface area contributed by atoms with Crippen molar-refractivity contribution in [2.75, 3.05) is 63.0 Å². The summed E-state index contributed by atoms with van der Waals surface area (Å²) in [7, 11) is 0. The zero-order chi connectivity index (χ0) is 32.9. The molecule has 10 heteroatoms. The van der Waals surface area contributed by atoms with Gasteiger partial charge in [0.05, 0.1) is 0 Å². The van der Waals surface area contributed by atoms with Crippen molar-refractivity contribution >= 4 is 35.0 Å². The van der Waals surface area contributed by atoms with Crippen LogP contribution in [0.25, 0.3) is 0 Å². The topological polar surface area (TPSA) is 123 Å². The summed E-state index contributed by atoms with van der Waals surface area (Å²) >= 11 is 0. The molecule has 45 heavy (non-hydrogen) atoms. The number of unbranched alkanes of at least 4 members (excludes halogenated alkanes) is 4. The number of benzene rings is 2. The first-order valence-corrected chi connectivity index (χ1v) is 16.6. The molecule has 0 unspecified atom stereocenters. The fourth-order valence-corrected chi connectivity index (χ4v) is 4.90. The lowest BCUT2D eigenvalue weighted by atomic mass is 10.1. The fraction of sp³-hybridized carbons (Fsp3) is 0.543. The summed E-state index contributed by atoms with van der Waals surface area (Å²) in [5.74, 6) is -0.327. The SMILES string of the molecule is CCN(CC)CCNC(=O)c1ccc(NC(=O)CCCCCCCC(=O)Nc2ccc(C(=O)NCCN(CC)CC)cc2)cc1. The van der Waals surface area contributed by atoms with Crippen LogP contribution in [0.4, 0.5) is 11.4 Å². The summed E-state index contributed by atoms with van der Waals surface area (Å²) in [6.45, 7) is 15.1. The Hall–Kier alpha value is -3.76. The molecule has 0 saturated carbocycles. The van der Waals surface area contributed by atoms with E-state index in [2.05, 4.69) is 58.8 Å². The molecule has 0 aromatic heterocycles. The lowest BCUT2D eigenvalue weighted by molar-refractivity contribution is -0.117. The first-order chi connectivity index (χ1) is 21.8. The molecule has 4 amide bonds. The molecule has 0 atom stereocenters. The molecule has 248 valence electrons. The van der Waals surface area contributed by atoms with Crippen molar-refractivity contribution < 1.29 is 19.2 Å². The van der Waals surface area contributed by atoms with Crippen molar-refractivity contribution in [2.24, 2.45) is 0 Å². The van der Waals surface area contributed by atoms with Crippen molar-refractivity contribution in [1.82, 2.24) is 20.4 Å². The van der Waals surface area contributed by atoms with Gasteiger partial charge in [-0.3, -0.25) is 19.2 Å². The van der Waals surface area contributed by atoms with Gasteiger partial charge in [-0.1, -0.05) is 47.0 Å². The molecule has 0 aliphatic heterocycles. The van der Waals surface area contributed by atoms with Crippen LogP contribution in [-0.4, -0.2) is 85.8 Å². The number of likely N-dealkylation sites (N-methyl/N-ethyl adjacent to an activating group) is 2. The van der Waals surface area contributed by atoms with Crippen LogP contribution in [-0.2, 0) is 9.59 Å². The first kappa shape index (κ1) is 37.4. The maximum Gasteiger partial charge on any atom is 0.251 e. The van der Waals surface area contributed by atoms with Crippen LogP contribution in [0.2, 0.25) is 0 Å². The Balaban J connectivity index is 1.55. The van der Waals surface area contributed by atoms with E-state index in [4.69, 9.17) is 0 Å². The van der Waals surface area contributed by atoms with Crippen LogP contribution < -0.4 is 21.3 Å². The second kappa shape index (κ2) is 21.9. The van der Waals surface area contributed by atoms with Crippen LogP contribution >= 0.6 is 0 Å². The number of amides is 4. The zero-order valence-corrected chi connectivity index (χ0v) is 27.8. The molecular formula is C35H54N6O4. The predicted octanol–water partition coefficient (Wildman–Crippen LogP) is 5.14. The Labute approximate surface area is 269 Å². The molecule has 2 aromatic carbocycles. The molecule has 0 spiro atoms. The molecule has 0 heterocycles. The summed E-state index contributed by atoms with van der Waals surface area (Å²) in [6.07, 6.45) is 5.20. The van der Waals surface area contributed by atoms with Crippen molar-refractivity contribution in [1.29, 1.82) is 0 Å². The van der Waals surface area contributed by atoms with Crippen LogP contribution in [0.5, 0.6) is 0 Å². The highest BCUT2D eigenvalue weighted by molar-refractivity contribution is 5.96. The van der Waals surface area contributed by atoms with E-state index in [-0.39, 0.29) is 23.6 Å². The van der Waals surface area contributed by atoms with E-state index in [1.807, 2.05) is 0 Å². The molecular weight excluding hydrogens is 568 g/mol. The summed E-state index contributed by atoms with van der Waals surface area (Å²) in [5, 5.41) is 11.7. The zero-order valence-electron chi connectivity index (χ0n) is 27.8. The third-order valence-electron chi connectivity index (χ3n) is 7.89. The molecule has 2 aromatic rings. The Kier molecular flexibility index (Phi) is 18.2. The predicted molar refractivity (Wildman–Crippen MR) is 183 cm³/mol. The van der Waals surface area contributed by atoms with Crippen molar-refractivity contribution in [3.05, 3.63) is 59.7 Å². The smallest absolute Gasteiger partial charge is 0.251 e. The van der Waals surface area contributed by atoms with Gasteiger partial charge < -0.3 is 31.1 Å². The van der Waals surface area contributed by atoms with E-state index in [9.17, 15) is 19.2 Å². The Morgan fingerprint density at radius 3 is 1.18 bits per heavy atom. The minimum Gasteiger partial charge on any atom is -0.351 e. The fourth-order valence-electron chi connectivity index (χ4n) is 4.90. The van der Waals surface area contributed by atoms with Crippen molar-refractivity contribution in [3.63, 3.8) is 0 Å². The largest absolute Gasteiger partial charge is 0.351 e. The van der Waals surface area contributed by atoms with Gasteiger partial charge in [-0.2, -0.15) is 0 Å². The lowest BCUT2D eigenvalue weighted by Gasteiger charge is -2.18. The number of hydrogen-bond acceptors (Lipinski definition) is 6. The maximum absolute atomic E-state index is 12.3. The standard InChI is InChI=1S/C35H54N6O4/c1-5-40(6-2)26-24-36-34(44)28-16-20-30(21-17-28)38-32(42)14-12-10-9-11-13-15-33(43)39-31-22-18-29(19-23-31)35(45)37-25-27-41(7-3)8-4/h16-23H,5-15,24-27H2,1-4H3,(H,36,44)(H,37,45)(H,38,42)(H,39,43). The van der Waals surface area contributed by atoms with Gasteiger partial charge in [-0.05, 0) is 87.6 Å². The minimum atomic E-state index is -0.116. The van der Waals surface area contributed by atoms with Gasteiger partial charge in [0.25, 0.3) is 11.8 Å². The first-order valence-electron chi connectivity index (χ1n) is 16.6. The third-order valence-corrected chi connectivity index (χ3v) is 7.89. The van der Waals surface area contributed by atoms with Gasteiger partial charge in [0.1, 0.15) is 0 Å². The molecule has 10 nitrogen and oxygen atoms in total. The molecule has 0 aliphatic rings. The number of nitrogens with one attached hydrogen (secondary N) is 4. The lowest BCUT2D eigenvalue weighted by Crippen LogP contribution is -2.34. The Morgan fingerprint density at radius 1 is 0.511 bits per heavy atom. The molecule has 4 N–H and O–H groups in total. The van der Waals surface area contributed by atoms with Crippen LogP contribution in [0, 0.1) is 0 Å². The summed E-state index contributed by atoms with van der Waals surface area (Å²) in [5.41, 5.74) is 2.49. The number of anilines is 2. The minimum absolute atomic E-state index is 0.0473. The van der Waals surface area contributed by atoms with Gasteiger partial charge in [-0.15, -0.1) is 0 Å². The number of carbonyl (C=O) groups is 4. The van der Waals surface area contributed by atoms with Gasteiger partial charge in [0.15, 0.2) is 0 Å². The number of rotatable bonds is 22. The van der Waals surface area contributed by atoms with E-state index in [0.717, 1.165) is 71.4 Å². The van der Waals surface area contributed by atoms with Gasteiger partial charge in [0.2, 0.25) is 11.8 Å². The van der Waals surface area contributed by atoms with Crippen LogP contribution in [0.15, 0.2) is 48.5 Å². The average Bonchev–Trinajstić information content (AvgIpc) is 3.05. The quantitative estimate of drug-likeness (QED) is 0.135. The number of nitrogens with zero attached hydrogens (tertiary/aromatic N) is 2. The van der Waals surface area contributed by atoms with Crippen LogP contribution in [0.3, 0.4) is 0 Å². The molecule has 0 aliphatic carbocycles. The average molecular weight is 623 g/mol. The summed E-state index contributed by atoms with van der Waals surface area (Å²) in [4.78, 5) is 53.8. The van der Waals surface area contributed by atoms with Gasteiger partial charge in [-0.25, -0.2) is 0 Å². The third kappa shape index (κ3) is 15.2. The van der Waals surface area contributed by atoms with Gasteiger partial charge in [0, 0.05) is 61.5 Å². The van der Waals surface area contributed by atoms with E-state index in [1.165, 1.54) is 0 Å². The number of carbonyl (C=O) groups excluding carboxylic acids is 4. The van der Waals surface area contributed by atoms with E-state index < -0.39 is 0 Å². The maximum atomic E-state index is 12.3. The highest BCUT2D eigenvalue weighted by atomic mass is 16.2. The normalized spacial score (nSPS) is 11.0. The second-order valence-corrected chi connectivity index (χ2v) is 11.1. The summed E-state index contributed by atoms with van der Waals surface area (Å²) < 4.78 is 0. The molecule has 0 bridgehead atoms. The molecule has 0 radical (unpaired) electrons. The van der Waals surface area contributed by atoms with E-state index >= 15 is 0 Å². The monoisotopic (exact) mass is 622 g/mol. The highest BCUT2D eigenvalue weighted by Gasteiger charge is 2.09. The van der Waals surface area contributed by atoms with E-state index in [1.54, 1.807) is 48.5 Å². The van der Waals surface area contributed by atoms with Crippen molar-refractivity contribution in [3.8, 4) is 0 Å². The highest BCUT2D eigenvalue weighted by Crippen LogP contribution is 2.14. The summed E-state index contributed by atoms with van der Waals surface area (Å²) in [6, 6.07) is 13.9. The van der Waals surface area contributed by atoms with E-state index in [0.29, 0.717) is 48.4 Å². The molecule has 2 rings (SSSR count). The van der Waals surface area contributed by atoms with Crippen molar-refractivity contribution in [2.45, 2.75) is 72.6 Å². The Morgan fingerprint density at radius 2 is 0.844 bits per heavy atom. The molecule has 0 saturated heterocycles. The number of hydrogen-bond donors (Lipinski definition) is 4. The Bertz CT molecular complexity index is 1070. The van der Waals surface area contributed by atoms with Gasteiger partial charge >= 0.3 is 0 Å².